The van der Waals surface area contributed by atoms with Gasteiger partial charge in [0.25, 0.3) is 5.69 Å². The molecule has 16 heavy (non-hydrogen) atoms. The van der Waals surface area contributed by atoms with Crippen LogP contribution >= 0.6 is 0 Å². The van der Waals surface area contributed by atoms with Crippen molar-refractivity contribution in [2.24, 2.45) is 0 Å². The van der Waals surface area contributed by atoms with Crippen LogP contribution < -0.4 is 5.32 Å². The predicted octanol–water partition coefficient (Wildman–Crippen LogP) is 1.83. The first-order valence-corrected chi connectivity index (χ1v) is 4.34. The van der Waals surface area contributed by atoms with Crippen LogP contribution in [0.5, 0.6) is 0 Å². The number of rotatable bonds is 2. The van der Waals surface area contributed by atoms with Gasteiger partial charge >= 0.3 is 6.03 Å². The molecule has 1 aromatic rings. The molecule has 0 atom stereocenters. The molecule has 86 valence electrons. The topological polar surface area (TPSA) is 75.5 Å². The first-order valence-electron chi connectivity index (χ1n) is 4.34. The van der Waals surface area contributed by atoms with Crippen LogP contribution in [0.15, 0.2) is 18.2 Å². The highest BCUT2D eigenvalue weighted by Crippen LogP contribution is 2.24. The van der Waals surface area contributed by atoms with Crippen molar-refractivity contribution in [1.82, 2.24) is 4.90 Å². The van der Waals surface area contributed by atoms with E-state index in [1.807, 2.05) is 0 Å². The third-order valence-electron chi connectivity index (χ3n) is 1.80. The molecular weight excluding hydrogens is 217 g/mol. The Labute approximate surface area is 90.8 Å². The quantitative estimate of drug-likeness (QED) is 0.618. The monoisotopic (exact) mass is 227 g/mol. The van der Waals surface area contributed by atoms with Gasteiger partial charge in [-0.25, -0.2) is 9.18 Å². The summed E-state index contributed by atoms with van der Waals surface area (Å²) in [6.07, 6.45) is 0. The fraction of sp³-hybridized carbons (Fsp3) is 0.222. The minimum Gasteiger partial charge on any atom is -0.331 e. The van der Waals surface area contributed by atoms with Crippen molar-refractivity contribution >= 4 is 17.4 Å². The highest BCUT2D eigenvalue weighted by molar-refractivity contribution is 5.91. The summed E-state index contributed by atoms with van der Waals surface area (Å²) < 4.78 is 12.8. The number of hydrogen-bond acceptors (Lipinski definition) is 3. The van der Waals surface area contributed by atoms with Crippen molar-refractivity contribution in [3.05, 3.63) is 34.1 Å². The third kappa shape index (κ3) is 2.66. The summed E-state index contributed by atoms with van der Waals surface area (Å²) >= 11 is 0. The number of halogens is 1. The number of carbonyl (C=O) groups excluding carboxylic acids is 1. The molecule has 2 amide bonds. The minimum atomic E-state index is -0.756. The van der Waals surface area contributed by atoms with E-state index in [-0.39, 0.29) is 5.69 Å². The minimum absolute atomic E-state index is 0.0369. The predicted molar refractivity (Wildman–Crippen MR) is 55.8 cm³/mol. The summed E-state index contributed by atoms with van der Waals surface area (Å²) in [4.78, 5) is 22.3. The lowest BCUT2D eigenvalue weighted by Crippen LogP contribution is -2.27. The number of anilines is 1. The van der Waals surface area contributed by atoms with E-state index in [0.717, 1.165) is 18.2 Å². The van der Waals surface area contributed by atoms with Gasteiger partial charge in [-0.2, -0.15) is 0 Å². The van der Waals surface area contributed by atoms with Crippen LogP contribution in [0, 0.1) is 15.9 Å². The Morgan fingerprint density at radius 1 is 1.50 bits per heavy atom. The second kappa shape index (κ2) is 4.56. The Hall–Kier alpha value is -2.18. The van der Waals surface area contributed by atoms with Crippen molar-refractivity contribution in [3.8, 4) is 0 Å². The summed E-state index contributed by atoms with van der Waals surface area (Å²) in [5.74, 6) is -0.727. The fourth-order valence-corrected chi connectivity index (χ4v) is 0.989. The second-order valence-corrected chi connectivity index (χ2v) is 3.24. The molecule has 0 aromatic heterocycles. The number of hydrogen-bond donors (Lipinski definition) is 1. The largest absolute Gasteiger partial charge is 0.331 e. The van der Waals surface area contributed by atoms with Crippen LogP contribution in [0.2, 0.25) is 0 Å². The number of amides is 2. The van der Waals surface area contributed by atoms with Gasteiger partial charge in [0, 0.05) is 14.1 Å². The van der Waals surface area contributed by atoms with E-state index < -0.39 is 22.5 Å². The molecule has 0 aliphatic rings. The molecule has 0 fully saturated rings. The Morgan fingerprint density at radius 3 is 2.62 bits per heavy atom. The zero-order valence-electron chi connectivity index (χ0n) is 8.73. The molecule has 0 aliphatic heterocycles. The highest BCUT2D eigenvalue weighted by atomic mass is 19.1. The lowest BCUT2D eigenvalue weighted by Gasteiger charge is -2.11. The average Bonchev–Trinajstić information content (AvgIpc) is 2.20. The maximum atomic E-state index is 12.8. The van der Waals surface area contributed by atoms with Crippen molar-refractivity contribution < 1.29 is 14.1 Å². The smallest absolute Gasteiger partial charge is 0.321 e. The number of urea groups is 1. The van der Waals surface area contributed by atoms with E-state index in [0.29, 0.717) is 0 Å². The SMILES string of the molecule is CN(C)C(=O)Nc1ccc(F)cc1[N+](=O)[O-]. The molecule has 0 unspecified atom stereocenters. The Balaban J connectivity index is 3.04. The summed E-state index contributed by atoms with van der Waals surface area (Å²) in [5.41, 5.74) is -0.514. The number of carbonyl (C=O) groups is 1. The Bertz CT molecular complexity index is 434. The van der Waals surface area contributed by atoms with Crippen LogP contribution in [0.4, 0.5) is 20.6 Å². The second-order valence-electron chi connectivity index (χ2n) is 3.24. The fourth-order valence-electron chi connectivity index (χ4n) is 0.989. The Kier molecular flexibility index (Phi) is 3.39. The van der Waals surface area contributed by atoms with E-state index in [9.17, 15) is 19.3 Å². The molecular formula is C9H10FN3O3. The van der Waals surface area contributed by atoms with Crippen LogP contribution in [-0.2, 0) is 0 Å². The normalized spacial score (nSPS) is 9.69. The summed E-state index contributed by atoms with van der Waals surface area (Å²) in [6, 6.07) is 2.42. The van der Waals surface area contributed by atoms with Crippen molar-refractivity contribution in [2.45, 2.75) is 0 Å². The van der Waals surface area contributed by atoms with E-state index in [1.54, 1.807) is 0 Å². The standard InChI is InChI=1S/C9H10FN3O3/c1-12(2)9(14)11-7-4-3-6(10)5-8(7)13(15)16/h3-5H,1-2H3,(H,11,14). The Morgan fingerprint density at radius 2 is 2.12 bits per heavy atom. The van der Waals surface area contributed by atoms with Gasteiger partial charge < -0.3 is 10.2 Å². The van der Waals surface area contributed by atoms with Gasteiger partial charge in [0.2, 0.25) is 0 Å². The number of nitrogens with zero attached hydrogens (tertiary/aromatic N) is 2. The number of nitro groups is 1. The molecule has 1 N–H and O–H groups in total. The summed E-state index contributed by atoms with van der Waals surface area (Å²) in [7, 11) is 2.98. The molecule has 7 heteroatoms. The van der Waals surface area contributed by atoms with Crippen LogP contribution in [0.3, 0.4) is 0 Å². The molecule has 1 aromatic carbocycles. The summed E-state index contributed by atoms with van der Waals surface area (Å²) in [5, 5.41) is 12.9. The van der Waals surface area contributed by atoms with Gasteiger partial charge in [0.05, 0.1) is 11.0 Å². The zero-order valence-corrected chi connectivity index (χ0v) is 8.73. The van der Waals surface area contributed by atoms with Gasteiger partial charge in [-0.05, 0) is 12.1 Å². The maximum Gasteiger partial charge on any atom is 0.321 e. The lowest BCUT2D eigenvalue weighted by atomic mass is 10.2. The molecule has 0 spiro atoms. The third-order valence-corrected chi connectivity index (χ3v) is 1.80. The molecule has 0 radical (unpaired) electrons. The lowest BCUT2D eigenvalue weighted by molar-refractivity contribution is -0.384. The van der Waals surface area contributed by atoms with E-state index in [1.165, 1.54) is 19.0 Å². The highest BCUT2D eigenvalue weighted by Gasteiger charge is 2.17. The van der Waals surface area contributed by atoms with Gasteiger partial charge in [-0.15, -0.1) is 0 Å². The van der Waals surface area contributed by atoms with Gasteiger partial charge in [-0.3, -0.25) is 10.1 Å². The average molecular weight is 227 g/mol. The van der Waals surface area contributed by atoms with E-state index >= 15 is 0 Å². The number of nitro benzene ring substituents is 1. The molecule has 0 heterocycles. The molecule has 0 saturated heterocycles. The van der Waals surface area contributed by atoms with E-state index in [2.05, 4.69) is 5.32 Å². The van der Waals surface area contributed by atoms with Gasteiger partial charge in [0.1, 0.15) is 11.5 Å². The molecule has 0 aliphatic carbocycles. The zero-order chi connectivity index (χ0) is 12.3. The molecule has 0 saturated carbocycles. The molecule has 6 nitrogen and oxygen atoms in total. The van der Waals surface area contributed by atoms with Crippen LogP contribution in [0.25, 0.3) is 0 Å². The van der Waals surface area contributed by atoms with Crippen molar-refractivity contribution in [2.75, 3.05) is 19.4 Å². The van der Waals surface area contributed by atoms with Crippen LogP contribution in [0.1, 0.15) is 0 Å². The van der Waals surface area contributed by atoms with Crippen molar-refractivity contribution in [1.29, 1.82) is 0 Å². The first kappa shape index (κ1) is 11.9. The number of benzene rings is 1. The first-order chi connectivity index (χ1) is 7.41. The van der Waals surface area contributed by atoms with Crippen molar-refractivity contribution in [3.63, 3.8) is 0 Å². The molecule has 1 rings (SSSR count). The van der Waals surface area contributed by atoms with Crippen LogP contribution in [-0.4, -0.2) is 29.9 Å². The maximum absolute atomic E-state index is 12.8. The number of nitrogens with one attached hydrogen (secondary N) is 1. The summed E-state index contributed by atoms with van der Waals surface area (Å²) in [6.45, 7) is 0. The van der Waals surface area contributed by atoms with E-state index in [4.69, 9.17) is 0 Å². The van der Waals surface area contributed by atoms with Gasteiger partial charge in [-0.1, -0.05) is 0 Å². The molecule has 0 bridgehead atoms. The van der Waals surface area contributed by atoms with Gasteiger partial charge in [0.15, 0.2) is 0 Å².